The number of unbranched alkanes of at least 4 members (excludes halogenated alkanes) is 1. The number of nitrogens with zero attached hydrogens (tertiary/aromatic N) is 2. The number of benzene rings is 2. The Hall–Kier alpha value is -3.61. The van der Waals surface area contributed by atoms with E-state index in [1.807, 2.05) is 33.8 Å². The van der Waals surface area contributed by atoms with Crippen LogP contribution in [0.3, 0.4) is 0 Å². The zero-order chi connectivity index (χ0) is 26.0. The van der Waals surface area contributed by atoms with Gasteiger partial charge in [-0.05, 0) is 49.1 Å². The minimum atomic E-state index is -0.368. The number of pyridine rings is 1. The van der Waals surface area contributed by atoms with Gasteiger partial charge in [0, 0.05) is 11.9 Å². The first-order valence-electron chi connectivity index (χ1n) is 12.6. The number of ether oxygens (including phenoxy) is 2. The summed E-state index contributed by atoms with van der Waals surface area (Å²) < 4.78 is 13.7. The number of hydrogen-bond donors (Lipinski definition) is 0. The highest BCUT2D eigenvalue weighted by atomic mass is 16.5. The van der Waals surface area contributed by atoms with Crippen LogP contribution in [0.4, 0.5) is 0 Å². The summed E-state index contributed by atoms with van der Waals surface area (Å²) in [4.78, 5) is 41.5. The zero-order valence-corrected chi connectivity index (χ0v) is 21.7. The van der Waals surface area contributed by atoms with Gasteiger partial charge in [0.25, 0.3) is 17.4 Å². The third kappa shape index (κ3) is 4.87. The molecule has 0 N–H and O–H groups in total. The third-order valence-electron chi connectivity index (χ3n) is 6.17. The molecule has 0 aliphatic carbocycles. The number of aromatic nitrogens is 1. The monoisotopic (exact) mass is 490 g/mol. The Morgan fingerprint density at radius 3 is 2.11 bits per heavy atom. The van der Waals surface area contributed by atoms with Gasteiger partial charge in [0.05, 0.1) is 42.0 Å². The lowest BCUT2D eigenvalue weighted by molar-refractivity contribution is 0.0636. The lowest BCUT2D eigenvalue weighted by Crippen LogP contribution is -2.36. The van der Waals surface area contributed by atoms with Crippen LogP contribution in [0.5, 0.6) is 11.5 Å². The minimum absolute atomic E-state index is 0.0616. The molecule has 0 atom stereocenters. The number of amides is 2. The van der Waals surface area contributed by atoms with Crippen LogP contribution in [0.15, 0.2) is 47.3 Å². The van der Waals surface area contributed by atoms with Gasteiger partial charge in [-0.2, -0.15) is 0 Å². The Labute approximate surface area is 211 Å². The van der Waals surface area contributed by atoms with Crippen LogP contribution in [0.1, 0.15) is 73.9 Å². The molecule has 190 valence electrons. The van der Waals surface area contributed by atoms with Crippen molar-refractivity contribution in [3.63, 3.8) is 0 Å². The normalized spacial score (nSPS) is 13.4. The quantitative estimate of drug-likeness (QED) is 0.296. The topological polar surface area (TPSA) is 77.8 Å². The first-order chi connectivity index (χ1) is 17.2. The van der Waals surface area contributed by atoms with Crippen molar-refractivity contribution >= 4 is 22.6 Å². The van der Waals surface area contributed by atoms with Gasteiger partial charge >= 0.3 is 0 Å². The largest absolute Gasteiger partial charge is 0.494 e. The Kier molecular flexibility index (Phi) is 7.20. The van der Waals surface area contributed by atoms with E-state index in [1.165, 1.54) is 4.90 Å². The molecule has 0 unspecified atom stereocenters. The molecule has 4 rings (SSSR count). The molecule has 0 spiro atoms. The molecule has 7 nitrogen and oxygen atoms in total. The molecule has 2 amide bonds. The molecule has 0 bridgehead atoms. The smallest absolute Gasteiger partial charge is 0.261 e. The highest BCUT2D eigenvalue weighted by Crippen LogP contribution is 2.35. The lowest BCUT2D eigenvalue weighted by Gasteiger charge is -2.27. The maximum atomic E-state index is 13.8. The second kappa shape index (κ2) is 10.2. The summed E-state index contributed by atoms with van der Waals surface area (Å²) in [6.07, 6.45) is 1.77. The third-order valence-corrected chi connectivity index (χ3v) is 6.17. The highest BCUT2D eigenvalue weighted by molar-refractivity contribution is 6.21. The van der Waals surface area contributed by atoms with Crippen molar-refractivity contribution in [2.75, 3.05) is 13.2 Å². The maximum absolute atomic E-state index is 13.8. The number of carbonyl (C=O) groups excluding carboxylic acids is 2. The van der Waals surface area contributed by atoms with E-state index in [2.05, 4.69) is 6.92 Å². The van der Waals surface area contributed by atoms with Crippen LogP contribution in [0.25, 0.3) is 10.8 Å². The Balaban J connectivity index is 1.94. The first kappa shape index (κ1) is 25.5. The molecule has 7 heteroatoms. The van der Waals surface area contributed by atoms with Crippen molar-refractivity contribution in [1.82, 2.24) is 9.47 Å². The molecule has 3 aromatic rings. The molecule has 1 aliphatic heterocycles. The summed E-state index contributed by atoms with van der Waals surface area (Å²) in [7, 11) is 0. The fourth-order valence-electron chi connectivity index (χ4n) is 4.51. The van der Waals surface area contributed by atoms with Crippen molar-refractivity contribution < 1.29 is 19.1 Å². The van der Waals surface area contributed by atoms with E-state index in [0.717, 1.165) is 12.8 Å². The molecule has 36 heavy (non-hydrogen) atoms. The van der Waals surface area contributed by atoms with Gasteiger partial charge in [0.15, 0.2) is 0 Å². The number of rotatable bonds is 9. The van der Waals surface area contributed by atoms with Crippen LogP contribution in [-0.4, -0.2) is 34.5 Å². The van der Waals surface area contributed by atoms with Gasteiger partial charge < -0.3 is 14.0 Å². The molecular weight excluding hydrogens is 456 g/mol. The molecule has 0 radical (unpaired) electrons. The molecule has 2 aromatic carbocycles. The molecule has 0 fully saturated rings. The van der Waals surface area contributed by atoms with Crippen molar-refractivity contribution in [2.45, 2.75) is 60.5 Å². The number of hydrogen-bond acceptors (Lipinski definition) is 5. The molecule has 0 saturated heterocycles. The van der Waals surface area contributed by atoms with Gasteiger partial charge in [-0.25, -0.2) is 0 Å². The number of imide groups is 1. The standard InChI is InChI=1S/C29H34N2O5/c1-6-8-15-36-25-23-16-19(35-7-2)13-14-22(23)28(34)31(18-29(3,4)5)24(25)17-30-26(32)20-11-9-10-12-21(20)27(30)33/h9-14,16H,6-8,15,17-18H2,1-5H3. The van der Waals surface area contributed by atoms with Crippen LogP contribution < -0.4 is 15.0 Å². The van der Waals surface area contributed by atoms with E-state index in [9.17, 15) is 14.4 Å². The predicted molar refractivity (Wildman–Crippen MR) is 140 cm³/mol. The summed E-state index contributed by atoms with van der Waals surface area (Å²) in [5, 5.41) is 1.14. The molecule has 0 saturated carbocycles. The van der Waals surface area contributed by atoms with E-state index in [4.69, 9.17) is 9.47 Å². The van der Waals surface area contributed by atoms with Crippen molar-refractivity contribution in [3.8, 4) is 11.5 Å². The van der Waals surface area contributed by atoms with Gasteiger partial charge in [0.2, 0.25) is 0 Å². The fourth-order valence-corrected chi connectivity index (χ4v) is 4.51. The van der Waals surface area contributed by atoms with E-state index in [-0.39, 0.29) is 29.3 Å². The SMILES string of the molecule is CCCCOc1c(CN2C(=O)c3ccccc3C2=O)n(CC(C)(C)C)c(=O)c2ccc(OCC)cc12. The summed E-state index contributed by atoms with van der Waals surface area (Å²) in [6.45, 7) is 11.4. The maximum Gasteiger partial charge on any atom is 0.261 e. The van der Waals surface area contributed by atoms with Crippen LogP contribution in [0, 0.1) is 5.41 Å². The average Bonchev–Trinajstić information content (AvgIpc) is 3.08. The summed E-state index contributed by atoms with van der Waals surface area (Å²) in [5.41, 5.74) is 0.847. The van der Waals surface area contributed by atoms with Crippen molar-refractivity contribution in [1.29, 1.82) is 0 Å². The van der Waals surface area contributed by atoms with E-state index in [1.54, 1.807) is 41.0 Å². The second-order valence-electron chi connectivity index (χ2n) is 10.3. The minimum Gasteiger partial charge on any atom is -0.494 e. The van der Waals surface area contributed by atoms with E-state index < -0.39 is 0 Å². The Morgan fingerprint density at radius 2 is 1.53 bits per heavy atom. The van der Waals surface area contributed by atoms with Crippen LogP contribution >= 0.6 is 0 Å². The summed E-state index contributed by atoms with van der Waals surface area (Å²) in [6, 6.07) is 12.2. The molecule has 1 aromatic heterocycles. The second-order valence-corrected chi connectivity index (χ2v) is 10.3. The van der Waals surface area contributed by atoms with E-state index in [0.29, 0.717) is 58.9 Å². The number of carbonyl (C=O) groups is 2. The Bertz CT molecular complexity index is 1330. The molecule has 2 heterocycles. The Morgan fingerprint density at radius 1 is 0.861 bits per heavy atom. The molecule has 1 aliphatic rings. The van der Waals surface area contributed by atoms with Gasteiger partial charge in [0.1, 0.15) is 11.5 Å². The zero-order valence-electron chi connectivity index (χ0n) is 21.7. The van der Waals surface area contributed by atoms with Gasteiger partial charge in [-0.1, -0.05) is 46.2 Å². The number of fused-ring (bicyclic) bond motifs is 2. The fraction of sp³-hybridized carbons (Fsp3) is 0.414. The highest BCUT2D eigenvalue weighted by Gasteiger charge is 2.37. The summed E-state index contributed by atoms with van der Waals surface area (Å²) >= 11 is 0. The predicted octanol–water partition coefficient (Wildman–Crippen LogP) is 5.42. The van der Waals surface area contributed by atoms with Crippen LogP contribution in [0.2, 0.25) is 0 Å². The van der Waals surface area contributed by atoms with Gasteiger partial charge in [-0.15, -0.1) is 0 Å². The lowest BCUT2D eigenvalue weighted by atomic mass is 9.96. The molecular formula is C29H34N2O5. The average molecular weight is 491 g/mol. The summed E-state index contributed by atoms with van der Waals surface area (Å²) in [5.74, 6) is 0.409. The van der Waals surface area contributed by atoms with Crippen molar-refractivity contribution in [2.24, 2.45) is 5.41 Å². The van der Waals surface area contributed by atoms with E-state index >= 15 is 0 Å². The van der Waals surface area contributed by atoms with Crippen molar-refractivity contribution in [3.05, 3.63) is 69.6 Å². The van der Waals surface area contributed by atoms with Crippen LogP contribution in [-0.2, 0) is 13.1 Å². The first-order valence-corrected chi connectivity index (χ1v) is 12.6. The van der Waals surface area contributed by atoms with Gasteiger partial charge in [-0.3, -0.25) is 19.3 Å².